The van der Waals surface area contributed by atoms with Gasteiger partial charge >= 0.3 is 0 Å². The van der Waals surface area contributed by atoms with Crippen LogP contribution in [0.15, 0.2) is 36.4 Å². The zero-order valence-electron chi connectivity index (χ0n) is 15.9. The molecule has 0 aliphatic heterocycles. The lowest BCUT2D eigenvalue weighted by Gasteiger charge is -2.19. The average Bonchev–Trinajstić information content (AvgIpc) is 3.09. The molecule has 1 aliphatic carbocycles. The first-order valence-electron chi connectivity index (χ1n) is 9.44. The van der Waals surface area contributed by atoms with Gasteiger partial charge in [0.05, 0.1) is 5.92 Å². The number of carbonyl (C=O) groups is 1. The Hall–Kier alpha value is -2.40. The summed E-state index contributed by atoms with van der Waals surface area (Å²) in [6.45, 7) is 4.88. The lowest BCUT2D eigenvalue weighted by molar-refractivity contribution is -0.122. The Morgan fingerprint density at radius 3 is 2.59 bits per heavy atom. The van der Waals surface area contributed by atoms with E-state index in [1.807, 2.05) is 13.8 Å². The number of nitrogens with one attached hydrogen (secondary N) is 1. The van der Waals surface area contributed by atoms with Gasteiger partial charge in [0.2, 0.25) is 5.91 Å². The molecule has 2 unspecified atom stereocenters. The fourth-order valence-electron chi connectivity index (χ4n) is 3.93. The number of benzene rings is 2. The van der Waals surface area contributed by atoms with Crippen molar-refractivity contribution in [2.24, 2.45) is 11.7 Å². The largest absolute Gasteiger partial charge is 0.488 e. The van der Waals surface area contributed by atoms with Crippen LogP contribution in [0, 0.1) is 25.6 Å². The lowest BCUT2D eigenvalue weighted by Crippen LogP contribution is -2.38. The number of rotatable bonds is 7. The van der Waals surface area contributed by atoms with E-state index in [0.717, 1.165) is 41.7 Å². The minimum absolute atomic E-state index is 0.0735. The summed E-state index contributed by atoms with van der Waals surface area (Å²) in [6, 6.07) is 10.9. The number of amides is 1. The summed E-state index contributed by atoms with van der Waals surface area (Å²) in [5.74, 6) is 0.247. The molecule has 27 heavy (non-hydrogen) atoms. The molecule has 1 saturated carbocycles. The number of hydrogen-bond donors (Lipinski definition) is 2. The molecule has 4 nitrogen and oxygen atoms in total. The summed E-state index contributed by atoms with van der Waals surface area (Å²) in [4.78, 5) is 11.5. The van der Waals surface area contributed by atoms with Gasteiger partial charge < -0.3 is 15.8 Å². The van der Waals surface area contributed by atoms with Crippen LogP contribution in [0.25, 0.3) is 0 Å². The van der Waals surface area contributed by atoms with Gasteiger partial charge in [0.15, 0.2) is 0 Å². The molecule has 0 spiro atoms. The SMILES string of the molecule is Cc1cc(CNC2CCCC2C(N)=O)cc(C)c1OCc1ccccc1F. The van der Waals surface area contributed by atoms with Crippen molar-refractivity contribution in [3.8, 4) is 5.75 Å². The molecular weight excluding hydrogens is 343 g/mol. The van der Waals surface area contributed by atoms with Crippen LogP contribution in [0.2, 0.25) is 0 Å². The number of carbonyl (C=O) groups excluding carboxylic acids is 1. The van der Waals surface area contributed by atoms with Crippen molar-refractivity contribution in [1.82, 2.24) is 5.32 Å². The third-order valence-electron chi connectivity index (χ3n) is 5.30. The molecule has 2 atom stereocenters. The maximum absolute atomic E-state index is 13.8. The molecule has 2 aromatic rings. The van der Waals surface area contributed by atoms with Crippen molar-refractivity contribution in [2.75, 3.05) is 0 Å². The van der Waals surface area contributed by atoms with Crippen molar-refractivity contribution in [2.45, 2.75) is 52.3 Å². The van der Waals surface area contributed by atoms with Gasteiger partial charge in [-0.2, -0.15) is 0 Å². The van der Waals surface area contributed by atoms with Gasteiger partial charge in [0.25, 0.3) is 0 Å². The molecule has 0 bridgehead atoms. The van der Waals surface area contributed by atoms with Gasteiger partial charge in [0.1, 0.15) is 18.2 Å². The number of nitrogens with two attached hydrogens (primary N) is 1. The van der Waals surface area contributed by atoms with Crippen LogP contribution in [-0.4, -0.2) is 11.9 Å². The van der Waals surface area contributed by atoms with E-state index in [4.69, 9.17) is 10.5 Å². The first-order valence-corrected chi connectivity index (χ1v) is 9.44. The highest BCUT2D eigenvalue weighted by Gasteiger charge is 2.30. The minimum atomic E-state index is -0.255. The van der Waals surface area contributed by atoms with Gasteiger partial charge in [0, 0.05) is 18.2 Å². The zero-order chi connectivity index (χ0) is 19.4. The number of aryl methyl sites for hydroxylation is 2. The van der Waals surface area contributed by atoms with Gasteiger partial charge in [-0.1, -0.05) is 36.8 Å². The molecule has 144 valence electrons. The van der Waals surface area contributed by atoms with Crippen LogP contribution < -0.4 is 15.8 Å². The molecule has 3 N–H and O–H groups in total. The Bertz CT molecular complexity index is 799. The molecule has 3 rings (SSSR count). The van der Waals surface area contributed by atoms with E-state index in [-0.39, 0.29) is 30.3 Å². The van der Waals surface area contributed by atoms with Crippen molar-refractivity contribution in [3.63, 3.8) is 0 Å². The lowest BCUT2D eigenvalue weighted by atomic mass is 10.0. The van der Waals surface area contributed by atoms with E-state index < -0.39 is 0 Å². The highest BCUT2D eigenvalue weighted by atomic mass is 19.1. The topological polar surface area (TPSA) is 64.3 Å². The highest BCUT2D eigenvalue weighted by Crippen LogP contribution is 2.28. The van der Waals surface area contributed by atoms with Crippen LogP contribution >= 0.6 is 0 Å². The predicted octanol–water partition coefficient (Wildman–Crippen LogP) is 3.77. The molecule has 1 aliphatic rings. The Balaban J connectivity index is 1.64. The van der Waals surface area contributed by atoms with E-state index in [1.165, 1.54) is 6.07 Å². The van der Waals surface area contributed by atoms with Crippen LogP contribution in [-0.2, 0) is 17.9 Å². The molecule has 0 heterocycles. The summed E-state index contributed by atoms with van der Waals surface area (Å²) >= 11 is 0. The smallest absolute Gasteiger partial charge is 0.222 e. The summed E-state index contributed by atoms with van der Waals surface area (Å²) in [5.41, 5.74) is 9.20. The molecule has 0 saturated heterocycles. The summed E-state index contributed by atoms with van der Waals surface area (Å²) in [5, 5.41) is 3.48. The highest BCUT2D eigenvalue weighted by molar-refractivity contribution is 5.77. The third-order valence-corrected chi connectivity index (χ3v) is 5.30. The van der Waals surface area contributed by atoms with Gasteiger partial charge in [-0.25, -0.2) is 4.39 Å². The first-order chi connectivity index (χ1) is 13.0. The van der Waals surface area contributed by atoms with Crippen LogP contribution in [0.1, 0.15) is 41.5 Å². The minimum Gasteiger partial charge on any atom is -0.488 e. The summed E-state index contributed by atoms with van der Waals surface area (Å²) in [7, 11) is 0. The van der Waals surface area contributed by atoms with Crippen LogP contribution in [0.5, 0.6) is 5.75 Å². The second-order valence-corrected chi connectivity index (χ2v) is 7.37. The second kappa shape index (κ2) is 8.53. The number of ether oxygens (including phenoxy) is 1. The number of hydrogen-bond acceptors (Lipinski definition) is 3. The van der Waals surface area contributed by atoms with E-state index in [9.17, 15) is 9.18 Å². The van der Waals surface area contributed by atoms with Crippen LogP contribution in [0.4, 0.5) is 4.39 Å². The Morgan fingerprint density at radius 2 is 1.93 bits per heavy atom. The van der Waals surface area contributed by atoms with Crippen LogP contribution in [0.3, 0.4) is 0 Å². The van der Waals surface area contributed by atoms with Crippen molar-refractivity contribution in [3.05, 3.63) is 64.5 Å². The Labute approximate surface area is 159 Å². The fraction of sp³-hybridized carbons (Fsp3) is 0.409. The summed E-state index contributed by atoms with van der Waals surface area (Å²) < 4.78 is 19.7. The molecule has 5 heteroatoms. The maximum atomic E-state index is 13.8. The van der Waals surface area contributed by atoms with Crippen molar-refractivity contribution >= 4 is 5.91 Å². The number of primary amides is 1. The van der Waals surface area contributed by atoms with E-state index in [1.54, 1.807) is 18.2 Å². The predicted molar refractivity (Wildman–Crippen MR) is 104 cm³/mol. The zero-order valence-corrected chi connectivity index (χ0v) is 15.9. The maximum Gasteiger partial charge on any atom is 0.222 e. The molecule has 0 aromatic heterocycles. The first kappa shape index (κ1) is 19.4. The van der Waals surface area contributed by atoms with E-state index in [0.29, 0.717) is 12.1 Å². The molecule has 1 amide bonds. The van der Waals surface area contributed by atoms with Crippen molar-refractivity contribution < 1.29 is 13.9 Å². The van der Waals surface area contributed by atoms with Crippen molar-refractivity contribution in [1.29, 1.82) is 0 Å². The standard InChI is InChI=1S/C22H27FN2O2/c1-14-10-16(12-25-20-9-5-7-18(20)22(24)26)11-15(2)21(14)27-13-17-6-3-4-8-19(17)23/h3-4,6,8,10-11,18,20,25H,5,7,9,12-13H2,1-2H3,(H2,24,26). The van der Waals surface area contributed by atoms with E-state index in [2.05, 4.69) is 17.4 Å². The third kappa shape index (κ3) is 4.66. The fourth-order valence-corrected chi connectivity index (χ4v) is 3.93. The monoisotopic (exact) mass is 370 g/mol. The van der Waals surface area contributed by atoms with Gasteiger partial charge in [-0.15, -0.1) is 0 Å². The molecule has 0 radical (unpaired) electrons. The quantitative estimate of drug-likeness (QED) is 0.780. The summed E-state index contributed by atoms with van der Waals surface area (Å²) in [6.07, 6.45) is 2.88. The molecule has 1 fully saturated rings. The number of halogens is 1. The molecule has 2 aromatic carbocycles. The van der Waals surface area contributed by atoms with E-state index >= 15 is 0 Å². The Kier molecular flexibility index (Phi) is 6.11. The second-order valence-electron chi connectivity index (χ2n) is 7.37. The Morgan fingerprint density at radius 1 is 1.22 bits per heavy atom. The molecular formula is C22H27FN2O2. The normalized spacial score (nSPS) is 19.2. The average molecular weight is 370 g/mol. The van der Waals surface area contributed by atoms with Gasteiger partial charge in [-0.3, -0.25) is 4.79 Å². The van der Waals surface area contributed by atoms with Gasteiger partial charge in [-0.05, 0) is 49.4 Å².